The molecule has 0 N–H and O–H groups in total. The van der Waals surface area contributed by atoms with Crippen molar-refractivity contribution in [3.63, 3.8) is 0 Å². The Morgan fingerprint density at radius 1 is 0.476 bits per heavy atom. The Balaban J connectivity index is 0.930. The Bertz CT molecular complexity index is 4180. The monoisotopic (exact) mass is 1070 g/mol. The minimum atomic E-state index is -0.399. The molecule has 0 radical (unpaired) electrons. The highest BCUT2D eigenvalue weighted by atomic mass is 16.5. The maximum absolute atomic E-state index is 7.38. The molecule has 1 unspecified atom stereocenters. The minimum Gasteiger partial charge on any atom is -0.457 e. The summed E-state index contributed by atoms with van der Waals surface area (Å²) in [6.45, 7) is 28.5. The van der Waals surface area contributed by atoms with Crippen LogP contribution in [0.25, 0.3) is 56.2 Å². The van der Waals surface area contributed by atoms with Crippen LogP contribution in [0.2, 0.25) is 0 Å². The maximum Gasteiger partial charge on any atom is 0.137 e. The van der Waals surface area contributed by atoms with Gasteiger partial charge in [0.05, 0.1) is 33.7 Å². The van der Waals surface area contributed by atoms with Crippen molar-refractivity contribution in [2.45, 2.75) is 122 Å². The Morgan fingerprint density at radius 2 is 1.06 bits per heavy atom. The van der Waals surface area contributed by atoms with E-state index >= 15 is 0 Å². The van der Waals surface area contributed by atoms with Crippen LogP contribution in [0.5, 0.6) is 11.5 Å². The van der Waals surface area contributed by atoms with Gasteiger partial charge in [-0.2, -0.15) is 0 Å². The first-order valence-corrected chi connectivity index (χ1v) is 29.6. The van der Waals surface area contributed by atoms with Crippen molar-refractivity contribution in [2.24, 2.45) is 0 Å². The number of fused-ring (bicyclic) bond motifs is 8. The van der Waals surface area contributed by atoms with E-state index in [2.05, 4.69) is 292 Å². The number of rotatable bonds is 7. The van der Waals surface area contributed by atoms with Crippen LogP contribution in [0.3, 0.4) is 0 Å². The van der Waals surface area contributed by atoms with Gasteiger partial charge in [-0.3, -0.25) is 4.57 Å². The lowest BCUT2D eigenvalue weighted by Crippen LogP contribution is -2.32. The molecule has 82 heavy (non-hydrogen) atoms. The van der Waals surface area contributed by atoms with Crippen molar-refractivity contribution in [3.05, 3.63) is 244 Å². The van der Waals surface area contributed by atoms with Gasteiger partial charge in [0.1, 0.15) is 24.0 Å². The van der Waals surface area contributed by atoms with Gasteiger partial charge in [-0.15, -0.1) is 0 Å². The SMILES string of the molecule is CC(C)(C)c1cc(-c2cc(C(C)(C)C)cc(-c3ccccc3)c2N2CN(c3cccc(Oc4cc5c6c7c(n(-c8cc(C(C)(C)C)ccn8)c6c4)C=CCC7C54c5ccccc5-c5ccccc54)c3)c3ccccc32)cc(C(C)(C)C)c1. The summed E-state index contributed by atoms with van der Waals surface area (Å²) in [6, 6.07) is 68.4. The highest BCUT2D eigenvalue weighted by Gasteiger charge is 2.57. The summed E-state index contributed by atoms with van der Waals surface area (Å²) in [5, 5.41) is 1.32. The zero-order valence-electron chi connectivity index (χ0n) is 49.7. The van der Waals surface area contributed by atoms with Gasteiger partial charge in [-0.25, -0.2) is 4.98 Å². The number of hydrogen-bond acceptors (Lipinski definition) is 4. The van der Waals surface area contributed by atoms with Gasteiger partial charge in [0.15, 0.2) is 0 Å². The molecule has 0 amide bonds. The van der Waals surface area contributed by atoms with Crippen LogP contribution in [0, 0.1) is 0 Å². The second-order valence-corrected chi connectivity index (χ2v) is 27.7. The van der Waals surface area contributed by atoms with Gasteiger partial charge in [-0.05, 0) is 156 Å². The van der Waals surface area contributed by atoms with E-state index in [1.54, 1.807) is 0 Å². The molecule has 2 aromatic heterocycles. The number of nitrogens with zero attached hydrogens (tertiary/aromatic N) is 4. The van der Waals surface area contributed by atoms with Gasteiger partial charge in [-0.1, -0.05) is 204 Å². The average molecular weight is 1070 g/mol. The topological polar surface area (TPSA) is 33.5 Å². The van der Waals surface area contributed by atoms with E-state index in [0.717, 1.165) is 46.3 Å². The molecule has 3 heterocycles. The lowest BCUT2D eigenvalue weighted by molar-refractivity contribution is 0.476. The minimum absolute atomic E-state index is 0.0492. The fourth-order valence-electron chi connectivity index (χ4n) is 14.1. The van der Waals surface area contributed by atoms with Crippen LogP contribution in [0.4, 0.5) is 22.7 Å². The highest BCUT2D eigenvalue weighted by Crippen LogP contribution is 2.68. The Labute approximate surface area is 485 Å². The van der Waals surface area contributed by atoms with E-state index in [0.29, 0.717) is 6.67 Å². The molecule has 1 spiro atoms. The van der Waals surface area contributed by atoms with Crippen molar-refractivity contribution in [1.29, 1.82) is 0 Å². The number of ether oxygens (including phenoxy) is 1. The molecule has 1 aliphatic heterocycles. The van der Waals surface area contributed by atoms with Crippen molar-refractivity contribution < 1.29 is 4.74 Å². The summed E-state index contributed by atoms with van der Waals surface area (Å²) >= 11 is 0. The van der Waals surface area contributed by atoms with Gasteiger partial charge in [0.2, 0.25) is 0 Å². The lowest BCUT2D eigenvalue weighted by atomic mass is 9.64. The molecule has 4 aliphatic rings. The normalized spacial score (nSPS) is 15.8. The summed E-state index contributed by atoms with van der Waals surface area (Å²) < 4.78 is 9.80. The predicted molar refractivity (Wildman–Crippen MR) is 343 cm³/mol. The van der Waals surface area contributed by atoms with Crippen molar-refractivity contribution in [1.82, 2.24) is 9.55 Å². The molecule has 10 aromatic rings. The molecular formula is C77H74N4O. The van der Waals surface area contributed by atoms with Crippen LogP contribution in [-0.4, -0.2) is 16.2 Å². The summed E-state index contributed by atoms with van der Waals surface area (Å²) in [5.41, 5.74) is 24.5. The van der Waals surface area contributed by atoms with Crippen LogP contribution < -0.4 is 14.5 Å². The fraction of sp³-hybridized carbons (Fsp3) is 0.260. The van der Waals surface area contributed by atoms with E-state index in [1.165, 1.54) is 94.7 Å². The lowest BCUT2D eigenvalue weighted by Gasteiger charge is -2.37. The van der Waals surface area contributed by atoms with E-state index in [-0.39, 0.29) is 27.6 Å². The number of hydrogen-bond donors (Lipinski definition) is 0. The van der Waals surface area contributed by atoms with Crippen LogP contribution in [0.15, 0.2) is 194 Å². The number of benzene rings is 8. The van der Waals surface area contributed by atoms with Gasteiger partial charge >= 0.3 is 0 Å². The molecule has 1 atom stereocenters. The summed E-state index contributed by atoms with van der Waals surface area (Å²) in [7, 11) is 0. The van der Waals surface area contributed by atoms with Crippen molar-refractivity contribution in [2.75, 3.05) is 16.5 Å². The summed E-state index contributed by atoms with van der Waals surface area (Å²) in [5.74, 6) is 2.71. The van der Waals surface area contributed by atoms with Crippen LogP contribution >= 0.6 is 0 Å². The Morgan fingerprint density at radius 3 is 1.71 bits per heavy atom. The third-order valence-corrected chi connectivity index (χ3v) is 18.3. The molecule has 3 aliphatic carbocycles. The number of allylic oxidation sites excluding steroid dienone is 1. The maximum atomic E-state index is 7.38. The van der Waals surface area contributed by atoms with Crippen molar-refractivity contribution in [3.8, 4) is 50.7 Å². The average Bonchev–Trinajstić information content (AvgIpc) is 1.59. The van der Waals surface area contributed by atoms with Gasteiger partial charge < -0.3 is 14.5 Å². The molecule has 0 saturated carbocycles. The van der Waals surface area contributed by atoms with E-state index in [4.69, 9.17) is 9.72 Å². The summed E-state index contributed by atoms with van der Waals surface area (Å²) in [4.78, 5) is 10.2. The predicted octanol–water partition coefficient (Wildman–Crippen LogP) is 20.4. The zero-order chi connectivity index (χ0) is 56.8. The van der Waals surface area contributed by atoms with Crippen LogP contribution in [-0.2, 0) is 27.1 Å². The molecule has 0 fully saturated rings. The van der Waals surface area contributed by atoms with Gasteiger partial charge in [0, 0.05) is 46.4 Å². The second kappa shape index (κ2) is 18.3. The quantitative estimate of drug-likeness (QED) is 0.159. The van der Waals surface area contributed by atoms with Crippen molar-refractivity contribution >= 4 is 39.7 Å². The molecule has 5 heteroatoms. The number of pyridine rings is 1. The van der Waals surface area contributed by atoms with E-state index in [1.807, 2.05) is 6.20 Å². The fourth-order valence-corrected chi connectivity index (χ4v) is 14.1. The standard InChI is InChI=1S/C77H74N4O/c1-73(2,3)50-36-37-78-69(43-50)81-67-35-23-32-63-70(67)71-64(77(63)61-30-18-16-28-57(61)58-29-17-19-31-62(58)77)45-56(46-68(71)81)82-55-27-22-26-54(44-55)79-47-80(66-34-21-20-33-65(66)79)72-59(48-24-14-13-15-25-48)41-53(76(10,11)12)42-60(72)49-38-51(74(4,5)6)40-52(39-49)75(7,8)9/h13-31,33-46,63H,32,47H2,1-12H3. The molecule has 408 valence electrons. The van der Waals surface area contributed by atoms with E-state index in [9.17, 15) is 0 Å². The first-order valence-electron chi connectivity index (χ1n) is 29.6. The molecule has 14 rings (SSSR count). The molecule has 0 saturated heterocycles. The summed E-state index contributed by atoms with van der Waals surface area (Å²) in [6.07, 6.45) is 7.67. The first kappa shape index (κ1) is 51.7. The van der Waals surface area contributed by atoms with Gasteiger partial charge in [0.25, 0.3) is 0 Å². The Hall–Kier alpha value is -8.41. The smallest absolute Gasteiger partial charge is 0.137 e. The molecule has 5 nitrogen and oxygen atoms in total. The molecular weight excluding hydrogens is 997 g/mol. The molecule has 0 bridgehead atoms. The number of anilines is 4. The van der Waals surface area contributed by atoms with E-state index < -0.39 is 5.41 Å². The largest absolute Gasteiger partial charge is 0.457 e. The first-order chi connectivity index (χ1) is 39.2. The number of aromatic nitrogens is 2. The Kier molecular flexibility index (Phi) is 11.5. The molecule has 8 aromatic carbocycles. The highest BCUT2D eigenvalue weighted by molar-refractivity contribution is 6.03. The number of para-hydroxylation sites is 2. The van der Waals surface area contributed by atoms with Crippen LogP contribution in [0.1, 0.15) is 146 Å². The third-order valence-electron chi connectivity index (χ3n) is 18.3. The zero-order valence-corrected chi connectivity index (χ0v) is 49.7. The second-order valence-electron chi connectivity index (χ2n) is 27.7. The third kappa shape index (κ3) is 8.04.